The minimum absolute atomic E-state index is 0.0639. The Bertz CT molecular complexity index is 901. The van der Waals surface area contributed by atoms with E-state index in [4.69, 9.17) is 4.74 Å². The van der Waals surface area contributed by atoms with Gasteiger partial charge in [-0.2, -0.15) is 0 Å². The predicted octanol–water partition coefficient (Wildman–Crippen LogP) is 4.83. The van der Waals surface area contributed by atoms with Crippen LogP contribution in [0.1, 0.15) is 18.1 Å². The summed E-state index contributed by atoms with van der Waals surface area (Å²) >= 11 is 0.948. The lowest BCUT2D eigenvalue weighted by Gasteiger charge is -2.15. The molecule has 1 atom stereocenters. The summed E-state index contributed by atoms with van der Waals surface area (Å²) in [5, 5.41) is 1.39. The van der Waals surface area contributed by atoms with Crippen LogP contribution >= 0.6 is 11.8 Å². The van der Waals surface area contributed by atoms with Crippen molar-refractivity contribution in [3.8, 4) is 17.2 Å². The number of ether oxygens (including phenoxy) is 2. The zero-order chi connectivity index (χ0) is 20.3. The number of hydrogen-bond acceptors (Lipinski definition) is 5. The summed E-state index contributed by atoms with van der Waals surface area (Å²) in [5.74, 6) is -0.477. The van der Waals surface area contributed by atoms with E-state index in [1.807, 2.05) is 6.92 Å². The molecule has 1 aliphatic rings. The highest BCUT2D eigenvalue weighted by molar-refractivity contribution is 8.15. The van der Waals surface area contributed by atoms with Crippen molar-refractivity contribution in [3.63, 3.8) is 0 Å². The number of halogens is 3. The molecule has 1 aliphatic heterocycles. The first-order chi connectivity index (χ1) is 13.2. The molecule has 2 aromatic carbocycles. The second-order valence-electron chi connectivity index (χ2n) is 5.97. The molecule has 9 heteroatoms. The molecule has 2 amide bonds. The van der Waals surface area contributed by atoms with Crippen molar-refractivity contribution in [2.45, 2.75) is 31.4 Å². The first kappa shape index (κ1) is 20.1. The summed E-state index contributed by atoms with van der Waals surface area (Å²) in [6, 6.07) is 10.6. The third-order valence-electron chi connectivity index (χ3n) is 4.03. The summed E-state index contributed by atoms with van der Waals surface area (Å²) in [4.78, 5) is 23.1. The van der Waals surface area contributed by atoms with Crippen LogP contribution in [0.3, 0.4) is 0 Å². The number of aryl methyl sites for hydroxylation is 1. The smallest absolute Gasteiger partial charge is 0.453 e. The lowest BCUT2D eigenvalue weighted by molar-refractivity contribution is -0.275. The average molecular weight is 411 g/mol. The number of rotatable bonds is 6. The lowest BCUT2D eigenvalue weighted by Crippen LogP contribution is -2.25. The molecule has 1 saturated heterocycles. The van der Waals surface area contributed by atoms with Gasteiger partial charge in [0.15, 0.2) is 11.5 Å². The number of nitrogens with one attached hydrogen (secondary N) is 1. The Balaban J connectivity index is 1.80. The van der Waals surface area contributed by atoms with Crippen molar-refractivity contribution in [2.24, 2.45) is 0 Å². The fourth-order valence-electron chi connectivity index (χ4n) is 2.79. The molecule has 0 aromatic heterocycles. The van der Waals surface area contributed by atoms with Crippen molar-refractivity contribution in [1.29, 1.82) is 0 Å². The molecule has 0 aliphatic carbocycles. The molecule has 1 unspecified atom stereocenters. The van der Waals surface area contributed by atoms with Crippen LogP contribution in [0.25, 0.3) is 0 Å². The Kier molecular flexibility index (Phi) is 5.83. The normalized spacial score (nSPS) is 16.8. The van der Waals surface area contributed by atoms with Gasteiger partial charge >= 0.3 is 6.36 Å². The Morgan fingerprint density at radius 3 is 2.39 bits per heavy atom. The molecule has 1 heterocycles. The Labute approximate surface area is 163 Å². The summed E-state index contributed by atoms with van der Waals surface area (Å²) in [7, 11) is 0. The number of thioether (sulfide) groups is 1. The van der Waals surface area contributed by atoms with Gasteiger partial charge in [-0.1, -0.05) is 36.9 Å². The van der Waals surface area contributed by atoms with Gasteiger partial charge in [-0.3, -0.25) is 14.9 Å². The molecule has 0 spiro atoms. The molecule has 1 N–H and O–H groups in total. The number of amides is 2. The third-order valence-corrected chi connectivity index (χ3v) is 5.01. The molecule has 0 radical (unpaired) electrons. The SMILES string of the molecule is CCc1cc(Oc2ccccc2OC(F)(F)F)ccc1CC1SC(=O)NC1=O. The van der Waals surface area contributed by atoms with E-state index in [0.717, 1.165) is 22.9 Å². The highest BCUT2D eigenvalue weighted by Crippen LogP contribution is 2.36. The minimum Gasteiger partial charge on any atom is -0.453 e. The zero-order valence-corrected chi connectivity index (χ0v) is 15.5. The van der Waals surface area contributed by atoms with Crippen molar-refractivity contribution in [1.82, 2.24) is 5.32 Å². The highest BCUT2D eigenvalue weighted by Gasteiger charge is 2.33. The van der Waals surface area contributed by atoms with Gasteiger partial charge in [0.25, 0.3) is 5.24 Å². The molecule has 3 rings (SSSR count). The second kappa shape index (κ2) is 8.14. The standard InChI is InChI=1S/C19H16F3NO4S/c1-2-11-9-13(8-7-12(11)10-16-17(24)23-18(25)28-16)26-14-5-3-4-6-15(14)27-19(20,21)22/h3-9,16H,2,10H2,1H3,(H,23,24,25). The Morgan fingerprint density at radius 1 is 1.07 bits per heavy atom. The maximum absolute atomic E-state index is 12.5. The fourth-order valence-corrected chi connectivity index (χ4v) is 3.64. The highest BCUT2D eigenvalue weighted by atomic mass is 32.2. The second-order valence-corrected chi connectivity index (χ2v) is 7.14. The van der Waals surface area contributed by atoms with Crippen molar-refractivity contribution < 1.29 is 32.2 Å². The van der Waals surface area contributed by atoms with Crippen molar-refractivity contribution in [2.75, 3.05) is 0 Å². The predicted molar refractivity (Wildman–Crippen MR) is 97.6 cm³/mol. The molecular weight excluding hydrogens is 395 g/mol. The van der Waals surface area contributed by atoms with Crippen LogP contribution in [0, 0.1) is 0 Å². The maximum atomic E-state index is 12.5. The van der Waals surface area contributed by atoms with Gasteiger partial charge in [0, 0.05) is 0 Å². The Hall–Kier alpha value is -2.68. The van der Waals surface area contributed by atoms with E-state index < -0.39 is 17.4 Å². The first-order valence-corrected chi connectivity index (χ1v) is 9.29. The van der Waals surface area contributed by atoms with Gasteiger partial charge in [0.05, 0.1) is 5.25 Å². The topological polar surface area (TPSA) is 64.6 Å². The van der Waals surface area contributed by atoms with E-state index in [2.05, 4.69) is 10.1 Å². The number of benzene rings is 2. The van der Waals surface area contributed by atoms with Crippen LogP contribution in [0.15, 0.2) is 42.5 Å². The number of para-hydroxylation sites is 2. The largest absolute Gasteiger partial charge is 0.573 e. The van der Waals surface area contributed by atoms with Gasteiger partial charge in [-0.25, -0.2) is 0 Å². The lowest BCUT2D eigenvalue weighted by atomic mass is 10.00. The van der Waals surface area contributed by atoms with Gasteiger partial charge in [-0.05, 0) is 48.2 Å². The number of hydrogen-bond donors (Lipinski definition) is 1. The molecule has 0 saturated carbocycles. The molecule has 2 aromatic rings. The van der Waals surface area contributed by atoms with Crippen LogP contribution < -0.4 is 14.8 Å². The molecular formula is C19H16F3NO4S. The molecule has 28 heavy (non-hydrogen) atoms. The van der Waals surface area contributed by atoms with Crippen LogP contribution in [0.2, 0.25) is 0 Å². The van der Waals surface area contributed by atoms with E-state index in [-0.39, 0.29) is 16.9 Å². The van der Waals surface area contributed by atoms with Gasteiger partial charge in [0.1, 0.15) is 5.75 Å². The quantitative estimate of drug-likeness (QED) is 0.737. The van der Waals surface area contributed by atoms with Gasteiger partial charge in [-0.15, -0.1) is 13.2 Å². The van der Waals surface area contributed by atoms with Crippen LogP contribution in [0.4, 0.5) is 18.0 Å². The van der Waals surface area contributed by atoms with E-state index in [0.29, 0.717) is 18.6 Å². The molecule has 5 nitrogen and oxygen atoms in total. The maximum Gasteiger partial charge on any atom is 0.573 e. The van der Waals surface area contributed by atoms with Crippen molar-refractivity contribution >= 4 is 22.9 Å². The third kappa shape index (κ3) is 4.98. The Morgan fingerprint density at radius 2 is 1.79 bits per heavy atom. The number of imide groups is 1. The summed E-state index contributed by atoms with van der Waals surface area (Å²) in [6.45, 7) is 1.91. The van der Waals surface area contributed by atoms with Crippen LogP contribution in [-0.4, -0.2) is 22.8 Å². The van der Waals surface area contributed by atoms with Gasteiger partial charge < -0.3 is 9.47 Å². The molecule has 148 valence electrons. The summed E-state index contributed by atoms with van der Waals surface area (Å²) in [5.41, 5.74) is 1.75. The zero-order valence-electron chi connectivity index (χ0n) is 14.7. The summed E-state index contributed by atoms with van der Waals surface area (Å²) < 4.78 is 47.2. The molecule has 0 bridgehead atoms. The van der Waals surface area contributed by atoms with E-state index in [9.17, 15) is 22.8 Å². The monoisotopic (exact) mass is 411 g/mol. The van der Waals surface area contributed by atoms with E-state index in [1.165, 1.54) is 18.2 Å². The first-order valence-electron chi connectivity index (χ1n) is 8.41. The number of carbonyl (C=O) groups is 2. The fraction of sp³-hybridized carbons (Fsp3) is 0.263. The molecule has 1 fully saturated rings. The van der Waals surface area contributed by atoms with Gasteiger partial charge in [0.2, 0.25) is 5.91 Å². The number of alkyl halides is 3. The minimum atomic E-state index is -4.82. The van der Waals surface area contributed by atoms with E-state index >= 15 is 0 Å². The summed E-state index contributed by atoms with van der Waals surface area (Å²) in [6.07, 6.45) is -3.82. The van der Waals surface area contributed by atoms with Crippen LogP contribution in [0.5, 0.6) is 17.2 Å². The average Bonchev–Trinajstić information content (AvgIpc) is 2.94. The van der Waals surface area contributed by atoms with Crippen molar-refractivity contribution in [3.05, 3.63) is 53.6 Å². The number of carbonyl (C=O) groups excluding carboxylic acids is 2. The van der Waals surface area contributed by atoms with Crippen LogP contribution in [-0.2, 0) is 17.6 Å². The van der Waals surface area contributed by atoms with E-state index in [1.54, 1.807) is 24.3 Å².